The lowest BCUT2D eigenvalue weighted by Gasteiger charge is -2.37. The van der Waals surface area contributed by atoms with Gasteiger partial charge in [0.2, 0.25) is 5.95 Å². The van der Waals surface area contributed by atoms with E-state index in [9.17, 15) is 0 Å². The Morgan fingerprint density at radius 1 is 0.815 bits per heavy atom. The summed E-state index contributed by atoms with van der Waals surface area (Å²) in [5, 5.41) is 8.55. The van der Waals surface area contributed by atoms with Gasteiger partial charge in [-0.15, -0.1) is 5.10 Å². The molecule has 7 nitrogen and oxygen atoms in total. The van der Waals surface area contributed by atoms with Crippen LogP contribution in [-0.2, 0) is 0 Å². The standard InChI is InChI=1S/C20H29N7/c1-16-5-4-6-18(17(16)2)25-11-13-27(14-12-25)20-22-19(15-21-23-20)26-9-7-24(3)8-10-26/h4-6,15H,7-14H2,1-3H3. The Morgan fingerprint density at radius 2 is 1.48 bits per heavy atom. The summed E-state index contributed by atoms with van der Waals surface area (Å²) in [4.78, 5) is 14.2. The number of anilines is 3. The Bertz CT molecular complexity index is 778. The third-order valence-corrected chi connectivity index (χ3v) is 5.84. The Kier molecular flexibility index (Phi) is 5.11. The van der Waals surface area contributed by atoms with Crippen LogP contribution >= 0.6 is 0 Å². The number of rotatable bonds is 3. The van der Waals surface area contributed by atoms with Crippen LogP contribution in [-0.4, -0.2) is 79.5 Å². The zero-order valence-electron chi connectivity index (χ0n) is 16.6. The van der Waals surface area contributed by atoms with Crippen LogP contribution in [0.15, 0.2) is 24.4 Å². The highest BCUT2D eigenvalue weighted by molar-refractivity contribution is 5.57. The van der Waals surface area contributed by atoms with Crippen molar-refractivity contribution in [1.82, 2.24) is 20.1 Å². The zero-order valence-corrected chi connectivity index (χ0v) is 16.6. The van der Waals surface area contributed by atoms with Crippen LogP contribution in [0.1, 0.15) is 11.1 Å². The molecule has 2 saturated heterocycles. The van der Waals surface area contributed by atoms with Gasteiger partial charge in [-0.1, -0.05) is 12.1 Å². The first kappa shape index (κ1) is 18.0. The van der Waals surface area contributed by atoms with Gasteiger partial charge in [-0.25, -0.2) is 0 Å². The first-order chi connectivity index (χ1) is 13.1. The zero-order chi connectivity index (χ0) is 18.8. The van der Waals surface area contributed by atoms with E-state index >= 15 is 0 Å². The van der Waals surface area contributed by atoms with E-state index in [-0.39, 0.29) is 0 Å². The number of likely N-dealkylation sites (N-methyl/N-ethyl adjacent to an activating group) is 1. The van der Waals surface area contributed by atoms with Crippen LogP contribution in [0.3, 0.4) is 0 Å². The maximum absolute atomic E-state index is 4.82. The number of aromatic nitrogens is 3. The highest BCUT2D eigenvalue weighted by Gasteiger charge is 2.22. The van der Waals surface area contributed by atoms with Crippen molar-refractivity contribution in [3.8, 4) is 0 Å². The second-order valence-corrected chi connectivity index (χ2v) is 7.60. The highest BCUT2D eigenvalue weighted by atomic mass is 15.4. The molecule has 0 spiro atoms. The second-order valence-electron chi connectivity index (χ2n) is 7.60. The van der Waals surface area contributed by atoms with Crippen LogP contribution in [0.25, 0.3) is 0 Å². The van der Waals surface area contributed by atoms with Crippen LogP contribution in [0.5, 0.6) is 0 Å². The van der Waals surface area contributed by atoms with Crippen molar-refractivity contribution in [3.63, 3.8) is 0 Å². The number of piperazine rings is 2. The average molecular weight is 368 g/mol. The molecule has 0 amide bonds. The molecule has 0 N–H and O–H groups in total. The molecule has 2 aromatic rings. The summed E-state index contributed by atoms with van der Waals surface area (Å²) in [5.74, 6) is 1.71. The van der Waals surface area contributed by atoms with E-state index < -0.39 is 0 Å². The molecule has 2 fully saturated rings. The van der Waals surface area contributed by atoms with Gasteiger partial charge in [0.05, 0.1) is 6.20 Å². The van der Waals surface area contributed by atoms with Gasteiger partial charge in [-0.05, 0) is 38.1 Å². The summed E-state index contributed by atoms with van der Waals surface area (Å²) in [6, 6.07) is 6.55. The van der Waals surface area contributed by atoms with Gasteiger partial charge in [-0.2, -0.15) is 10.1 Å². The first-order valence-corrected chi connectivity index (χ1v) is 9.81. The van der Waals surface area contributed by atoms with E-state index in [4.69, 9.17) is 4.98 Å². The van der Waals surface area contributed by atoms with Crippen molar-refractivity contribution in [2.24, 2.45) is 0 Å². The number of aryl methyl sites for hydroxylation is 1. The largest absolute Gasteiger partial charge is 0.368 e. The number of hydrogen-bond donors (Lipinski definition) is 0. The Morgan fingerprint density at radius 3 is 2.22 bits per heavy atom. The predicted molar refractivity (Wildman–Crippen MR) is 110 cm³/mol. The van der Waals surface area contributed by atoms with Crippen molar-refractivity contribution in [3.05, 3.63) is 35.5 Å². The summed E-state index contributed by atoms with van der Waals surface area (Å²) in [7, 11) is 2.16. The fourth-order valence-corrected chi connectivity index (χ4v) is 3.83. The topological polar surface area (TPSA) is 51.6 Å². The van der Waals surface area contributed by atoms with Gasteiger partial charge in [0.25, 0.3) is 0 Å². The molecule has 3 heterocycles. The van der Waals surface area contributed by atoms with Gasteiger partial charge >= 0.3 is 0 Å². The molecule has 27 heavy (non-hydrogen) atoms. The molecule has 4 rings (SSSR count). The molecule has 0 radical (unpaired) electrons. The predicted octanol–water partition coefficient (Wildman–Crippen LogP) is 1.57. The van der Waals surface area contributed by atoms with Gasteiger partial charge < -0.3 is 19.6 Å². The quantitative estimate of drug-likeness (QED) is 0.816. The van der Waals surface area contributed by atoms with Crippen molar-refractivity contribution < 1.29 is 0 Å². The van der Waals surface area contributed by atoms with Crippen LogP contribution in [0, 0.1) is 13.8 Å². The van der Waals surface area contributed by atoms with Gasteiger partial charge in [0.15, 0.2) is 5.82 Å². The van der Waals surface area contributed by atoms with Crippen molar-refractivity contribution >= 4 is 17.5 Å². The summed E-state index contributed by atoms with van der Waals surface area (Å²) in [6.45, 7) is 12.3. The van der Waals surface area contributed by atoms with Crippen LogP contribution < -0.4 is 14.7 Å². The molecule has 0 unspecified atom stereocenters. The van der Waals surface area contributed by atoms with E-state index in [1.54, 1.807) is 6.20 Å². The fraction of sp³-hybridized carbons (Fsp3) is 0.550. The minimum atomic E-state index is 0.757. The third kappa shape index (κ3) is 3.83. The summed E-state index contributed by atoms with van der Waals surface area (Å²) >= 11 is 0. The van der Waals surface area contributed by atoms with E-state index in [2.05, 4.69) is 68.9 Å². The summed E-state index contributed by atoms with van der Waals surface area (Å²) < 4.78 is 0. The van der Waals surface area contributed by atoms with E-state index in [1.807, 2.05) is 0 Å². The molecule has 1 aromatic heterocycles. The highest BCUT2D eigenvalue weighted by Crippen LogP contribution is 2.25. The second kappa shape index (κ2) is 7.68. The third-order valence-electron chi connectivity index (χ3n) is 5.84. The molecule has 1 aromatic carbocycles. The van der Waals surface area contributed by atoms with Gasteiger partial charge in [0.1, 0.15) is 0 Å². The molecule has 2 aliphatic heterocycles. The maximum atomic E-state index is 4.82. The minimum Gasteiger partial charge on any atom is -0.368 e. The number of hydrogen-bond acceptors (Lipinski definition) is 7. The minimum absolute atomic E-state index is 0.757. The van der Waals surface area contributed by atoms with Crippen LogP contribution in [0.2, 0.25) is 0 Å². The molecular weight excluding hydrogens is 338 g/mol. The molecule has 0 saturated carbocycles. The Balaban J connectivity index is 1.42. The SMILES string of the molecule is Cc1cccc(N2CCN(c3nncc(N4CCN(C)CC4)n3)CC2)c1C. The molecule has 144 valence electrons. The smallest absolute Gasteiger partial charge is 0.247 e. The molecule has 7 heteroatoms. The van der Waals surface area contributed by atoms with E-state index in [0.717, 1.165) is 64.1 Å². The normalized spacial score (nSPS) is 18.9. The summed E-state index contributed by atoms with van der Waals surface area (Å²) in [6.07, 6.45) is 1.79. The lowest BCUT2D eigenvalue weighted by atomic mass is 10.1. The van der Waals surface area contributed by atoms with E-state index in [1.165, 1.54) is 16.8 Å². The van der Waals surface area contributed by atoms with Crippen LogP contribution in [0.4, 0.5) is 17.5 Å². The fourth-order valence-electron chi connectivity index (χ4n) is 3.83. The average Bonchev–Trinajstić information content (AvgIpc) is 2.71. The molecular formula is C20H29N7. The lowest BCUT2D eigenvalue weighted by Crippen LogP contribution is -2.48. The van der Waals surface area contributed by atoms with Crippen molar-refractivity contribution in [2.45, 2.75) is 13.8 Å². The monoisotopic (exact) mass is 367 g/mol. The lowest BCUT2D eigenvalue weighted by molar-refractivity contribution is 0.312. The van der Waals surface area contributed by atoms with E-state index in [0.29, 0.717) is 0 Å². The van der Waals surface area contributed by atoms with Crippen molar-refractivity contribution in [2.75, 3.05) is 74.1 Å². The molecule has 0 aliphatic carbocycles. The van der Waals surface area contributed by atoms with Crippen molar-refractivity contribution in [1.29, 1.82) is 0 Å². The van der Waals surface area contributed by atoms with Gasteiger partial charge in [0, 0.05) is 58.0 Å². The molecule has 0 atom stereocenters. The Labute approximate surface area is 161 Å². The molecule has 2 aliphatic rings. The number of benzene rings is 1. The first-order valence-electron chi connectivity index (χ1n) is 9.81. The number of nitrogens with zero attached hydrogens (tertiary/aromatic N) is 7. The Hall–Kier alpha value is -2.41. The summed E-state index contributed by atoms with van der Waals surface area (Å²) in [5.41, 5.74) is 4.07. The maximum Gasteiger partial charge on any atom is 0.247 e. The molecule has 0 bridgehead atoms. The van der Waals surface area contributed by atoms with Gasteiger partial charge in [-0.3, -0.25) is 0 Å².